The molecule has 244 valence electrons. The van der Waals surface area contributed by atoms with E-state index in [-0.39, 0.29) is 36.6 Å². The van der Waals surface area contributed by atoms with Gasteiger partial charge >= 0.3 is 18.2 Å². The number of hydrogen-bond donors (Lipinski definition) is 1. The molecule has 0 aromatic carbocycles. The summed E-state index contributed by atoms with van der Waals surface area (Å²) in [5.41, 5.74) is -1.21. The number of aromatic nitrogens is 1. The molecule has 4 atom stereocenters. The highest BCUT2D eigenvalue weighted by Crippen LogP contribution is 2.43. The van der Waals surface area contributed by atoms with Crippen molar-refractivity contribution < 1.29 is 42.9 Å². The Balaban J connectivity index is 2.59. The van der Waals surface area contributed by atoms with E-state index in [1.165, 1.54) is 12.4 Å². The Morgan fingerprint density at radius 2 is 1.58 bits per heavy atom. The van der Waals surface area contributed by atoms with Gasteiger partial charge in [-0.1, -0.05) is 20.8 Å². The van der Waals surface area contributed by atoms with Crippen molar-refractivity contribution in [3.63, 3.8) is 0 Å². The Hall–Kier alpha value is -2.54. The lowest BCUT2D eigenvalue weighted by molar-refractivity contribution is -0.171. The van der Waals surface area contributed by atoms with Crippen molar-refractivity contribution in [1.82, 2.24) is 4.98 Å². The summed E-state index contributed by atoms with van der Waals surface area (Å²) < 4.78 is 29.4. The van der Waals surface area contributed by atoms with E-state index in [1.54, 1.807) is 54.5 Å². The van der Waals surface area contributed by atoms with E-state index in [9.17, 15) is 19.5 Å². The first-order valence-corrected chi connectivity index (χ1v) is 17.8. The molecule has 0 unspecified atom stereocenters. The number of carbonyl (C=O) groups excluding carboxylic acids is 3. The summed E-state index contributed by atoms with van der Waals surface area (Å²) in [4.78, 5) is 44.2. The van der Waals surface area contributed by atoms with Crippen LogP contribution in [0.1, 0.15) is 100 Å². The highest BCUT2D eigenvalue weighted by atomic mass is 28.4. The monoisotopic (exact) mass is 624 g/mol. The molecule has 1 saturated heterocycles. The van der Waals surface area contributed by atoms with Gasteiger partial charge in [0.1, 0.15) is 17.3 Å². The number of esters is 1. The number of ether oxygens (including phenoxy) is 4. The molecular formula is C31H52N2O9Si. The van der Waals surface area contributed by atoms with Gasteiger partial charge in [-0.25, -0.2) is 9.59 Å². The summed E-state index contributed by atoms with van der Waals surface area (Å²) in [5.74, 6) is -0.395. The maximum absolute atomic E-state index is 13.5. The van der Waals surface area contributed by atoms with Gasteiger partial charge in [0.2, 0.25) is 0 Å². The van der Waals surface area contributed by atoms with Gasteiger partial charge in [0.25, 0.3) is 0 Å². The van der Waals surface area contributed by atoms with Crippen LogP contribution in [-0.4, -0.2) is 72.7 Å². The minimum atomic E-state index is -2.35. The van der Waals surface area contributed by atoms with Crippen LogP contribution in [0.4, 0.5) is 15.3 Å². The number of anilines is 1. The highest BCUT2D eigenvalue weighted by Gasteiger charge is 2.46. The van der Waals surface area contributed by atoms with Crippen LogP contribution in [0.5, 0.6) is 0 Å². The molecule has 0 spiro atoms. The number of carbonyl (C=O) groups is 3. The minimum absolute atomic E-state index is 0.0419. The zero-order chi connectivity index (χ0) is 33.0. The van der Waals surface area contributed by atoms with Gasteiger partial charge in [0, 0.05) is 24.6 Å². The van der Waals surface area contributed by atoms with Gasteiger partial charge in [-0.15, -0.1) is 0 Å². The number of pyridine rings is 1. The summed E-state index contributed by atoms with van der Waals surface area (Å²) in [6, 6.07) is 1.66. The van der Waals surface area contributed by atoms with Gasteiger partial charge < -0.3 is 28.5 Å². The number of aliphatic hydroxyl groups is 1. The lowest BCUT2D eigenvalue weighted by Gasteiger charge is -2.46. The zero-order valence-corrected chi connectivity index (χ0v) is 29.0. The topological polar surface area (TPSA) is 134 Å². The lowest BCUT2D eigenvalue weighted by atomic mass is 9.91. The molecule has 2 amide bonds. The van der Waals surface area contributed by atoms with Crippen LogP contribution in [0.15, 0.2) is 18.5 Å². The standard InChI is InChI=1S/C31H52N2O9Si/c1-13-38-25(34)15-14-22-26(35)24(42-43(11,12)31(8,9)10)18-23(39-22)20-16-17-32-19-21(20)33(27(36)40-29(2,3)4)28(37)41-30(5,6)7/h16-17,19,22-24,26,35H,13-15,18H2,1-12H3/t22-,23+,24-,26-/m1/s1. The molecule has 2 heterocycles. The molecule has 11 nitrogen and oxygen atoms in total. The molecular weight excluding hydrogens is 572 g/mol. The van der Waals surface area contributed by atoms with E-state index in [1.807, 2.05) is 0 Å². The number of aliphatic hydroxyl groups excluding tert-OH is 1. The van der Waals surface area contributed by atoms with Crippen LogP contribution < -0.4 is 4.90 Å². The first-order valence-electron chi connectivity index (χ1n) is 14.9. The molecule has 1 aliphatic heterocycles. The quantitative estimate of drug-likeness (QED) is 0.190. The number of imide groups is 1. The predicted octanol–water partition coefficient (Wildman–Crippen LogP) is 6.68. The maximum atomic E-state index is 13.5. The van der Waals surface area contributed by atoms with Gasteiger partial charge in [-0.05, 0) is 79.1 Å². The molecule has 0 bridgehead atoms. The molecule has 1 N–H and O–H groups in total. The maximum Gasteiger partial charge on any atom is 0.424 e. The fourth-order valence-corrected chi connectivity index (χ4v) is 5.63. The van der Waals surface area contributed by atoms with Crippen LogP contribution in [0, 0.1) is 0 Å². The van der Waals surface area contributed by atoms with E-state index in [0.717, 1.165) is 4.90 Å². The molecule has 1 fully saturated rings. The van der Waals surface area contributed by atoms with E-state index in [0.29, 0.717) is 5.56 Å². The Labute approximate surface area is 257 Å². The Morgan fingerprint density at radius 1 is 1.02 bits per heavy atom. The summed E-state index contributed by atoms with van der Waals surface area (Å²) in [7, 11) is -2.35. The molecule has 1 aromatic rings. The largest absolute Gasteiger partial charge is 0.466 e. The van der Waals surface area contributed by atoms with E-state index in [4.69, 9.17) is 23.4 Å². The van der Waals surface area contributed by atoms with Crippen molar-refractivity contribution in [2.24, 2.45) is 0 Å². The molecule has 1 aliphatic rings. The Bertz CT molecular complexity index is 1090. The van der Waals surface area contributed by atoms with Crippen molar-refractivity contribution in [2.45, 2.75) is 142 Å². The predicted molar refractivity (Wildman–Crippen MR) is 165 cm³/mol. The SMILES string of the molecule is CCOC(=O)CC[C@H]1O[C@H](c2ccncc2N(C(=O)OC(C)(C)C)C(=O)OC(C)(C)C)C[C@@H](O[Si](C)(C)C(C)(C)C)[C@@H]1O. The Morgan fingerprint density at radius 3 is 2.07 bits per heavy atom. The van der Waals surface area contributed by atoms with Crippen molar-refractivity contribution >= 4 is 32.2 Å². The van der Waals surface area contributed by atoms with E-state index < -0.39 is 62.1 Å². The molecule has 2 rings (SSSR count). The van der Waals surface area contributed by atoms with Gasteiger partial charge in [0.15, 0.2) is 8.32 Å². The number of hydrogen-bond acceptors (Lipinski definition) is 10. The van der Waals surface area contributed by atoms with Crippen LogP contribution >= 0.6 is 0 Å². The molecule has 43 heavy (non-hydrogen) atoms. The zero-order valence-electron chi connectivity index (χ0n) is 28.0. The lowest BCUT2D eigenvalue weighted by Crippen LogP contribution is -2.53. The van der Waals surface area contributed by atoms with Crippen LogP contribution in [0.2, 0.25) is 18.1 Å². The second-order valence-electron chi connectivity index (χ2n) is 14.4. The van der Waals surface area contributed by atoms with Gasteiger partial charge in [0.05, 0.1) is 36.8 Å². The Kier molecular flexibility index (Phi) is 12.0. The smallest absolute Gasteiger partial charge is 0.424 e. The van der Waals surface area contributed by atoms with Crippen LogP contribution in [0.3, 0.4) is 0 Å². The van der Waals surface area contributed by atoms with Gasteiger partial charge in [-0.2, -0.15) is 4.90 Å². The second kappa shape index (κ2) is 14.0. The van der Waals surface area contributed by atoms with Crippen LogP contribution in [0.25, 0.3) is 0 Å². The summed E-state index contributed by atoms with van der Waals surface area (Å²) >= 11 is 0. The van der Waals surface area contributed by atoms with E-state index >= 15 is 0 Å². The molecule has 1 aromatic heterocycles. The average molecular weight is 625 g/mol. The van der Waals surface area contributed by atoms with Crippen molar-refractivity contribution in [2.75, 3.05) is 11.5 Å². The third-order valence-corrected chi connectivity index (χ3v) is 11.8. The minimum Gasteiger partial charge on any atom is -0.466 e. The number of nitrogens with zero attached hydrogens (tertiary/aromatic N) is 2. The van der Waals surface area contributed by atoms with Crippen molar-refractivity contribution in [3.8, 4) is 0 Å². The highest BCUT2D eigenvalue weighted by molar-refractivity contribution is 6.74. The molecule has 0 saturated carbocycles. The molecule has 0 radical (unpaired) electrons. The second-order valence-corrected chi connectivity index (χ2v) is 19.1. The first kappa shape index (κ1) is 36.6. The summed E-state index contributed by atoms with van der Waals surface area (Å²) in [6.07, 6.45) is -1.64. The normalized spacial score (nSPS) is 21.6. The van der Waals surface area contributed by atoms with Crippen molar-refractivity contribution in [1.29, 1.82) is 0 Å². The molecule has 0 aliphatic carbocycles. The number of rotatable bonds is 8. The fourth-order valence-electron chi connectivity index (χ4n) is 4.28. The number of amides is 2. The molecule has 12 heteroatoms. The first-order chi connectivity index (χ1) is 19.6. The van der Waals surface area contributed by atoms with Gasteiger partial charge in [-0.3, -0.25) is 9.78 Å². The fraction of sp³-hybridized carbons (Fsp3) is 0.742. The van der Waals surface area contributed by atoms with E-state index in [2.05, 4.69) is 38.8 Å². The summed E-state index contributed by atoms with van der Waals surface area (Å²) in [5, 5.41) is 11.3. The third-order valence-electron chi connectivity index (χ3n) is 7.31. The summed E-state index contributed by atoms with van der Waals surface area (Å²) in [6.45, 7) is 22.7. The van der Waals surface area contributed by atoms with Crippen molar-refractivity contribution in [3.05, 3.63) is 24.0 Å². The van der Waals surface area contributed by atoms with Crippen LogP contribution in [-0.2, 0) is 28.2 Å². The average Bonchev–Trinajstić information content (AvgIpc) is 2.82. The third kappa shape index (κ3) is 10.5.